The molecule has 0 spiro atoms. The standard InChI is InChI=1S/C20H20ClN3O3S/c1-3-27-17-11-7-5-9-15(17)23-19(26)13(2)28-20-22-12-18(25)24(20)16-10-6-4-8-14(16)21/h4-11,13H,3,12H2,1-2H3,(H,23,26)/t13-/m0/s1. The maximum absolute atomic E-state index is 12.7. The number of nitrogens with one attached hydrogen (secondary N) is 1. The fraction of sp³-hybridized carbons (Fsp3) is 0.250. The number of ether oxygens (including phenoxy) is 1. The fourth-order valence-electron chi connectivity index (χ4n) is 2.64. The molecule has 6 nitrogen and oxygen atoms in total. The van der Waals surface area contributed by atoms with Crippen LogP contribution in [0.5, 0.6) is 5.75 Å². The lowest BCUT2D eigenvalue weighted by Crippen LogP contribution is -2.33. The number of aliphatic imine (C=N–C) groups is 1. The molecule has 2 aromatic rings. The first kappa shape index (κ1) is 20.2. The third kappa shape index (κ3) is 4.48. The Morgan fingerprint density at radius 2 is 2.00 bits per heavy atom. The Balaban J connectivity index is 1.72. The van der Waals surface area contributed by atoms with Crippen LogP contribution in [0.2, 0.25) is 5.02 Å². The first-order valence-corrected chi connectivity index (χ1v) is 10.1. The van der Waals surface area contributed by atoms with E-state index in [4.69, 9.17) is 16.3 Å². The van der Waals surface area contributed by atoms with Crippen molar-refractivity contribution in [2.24, 2.45) is 4.99 Å². The molecule has 3 rings (SSSR count). The van der Waals surface area contributed by atoms with Gasteiger partial charge in [-0.3, -0.25) is 19.5 Å². The molecule has 0 aromatic heterocycles. The van der Waals surface area contributed by atoms with Crippen molar-refractivity contribution in [3.8, 4) is 5.75 Å². The summed E-state index contributed by atoms with van der Waals surface area (Å²) in [5.41, 5.74) is 1.17. The van der Waals surface area contributed by atoms with Gasteiger partial charge >= 0.3 is 0 Å². The second-order valence-corrected chi connectivity index (χ2v) is 7.67. The normalized spacial score (nSPS) is 14.6. The van der Waals surface area contributed by atoms with Crippen molar-refractivity contribution in [3.05, 3.63) is 53.6 Å². The Hall–Kier alpha value is -2.51. The Kier molecular flexibility index (Phi) is 6.59. The van der Waals surface area contributed by atoms with Crippen LogP contribution in [0.4, 0.5) is 11.4 Å². The lowest BCUT2D eigenvalue weighted by Gasteiger charge is -2.21. The number of halogens is 1. The predicted molar refractivity (Wildman–Crippen MR) is 115 cm³/mol. The minimum atomic E-state index is -0.482. The van der Waals surface area contributed by atoms with Crippen molar-refractivity contribution < 1.29 is 14.3 Å². The van der Waals surface area contributed by atoms with Gasteiger partial charge in [0.15, 0.2) is 5.17 Å². The van der Waals surface area contributed by atoms with Crippen molar-refractivity contribution in [3.63, 3.8) is 0 Å². The highest BCUT2D eigenvalue weighted by atomic mass is 35.5. The minimum Gasteiger partial charge on any atom is -0.492 e. The van der Waals surface area contributed by atoms with Crippen molar-refractivity contribution in [2.45, 2.75) is 19.1 Å². The molecular formula is C20H20ClN3O3S. The Bertz CT molecular complexity index is 919. The summed E-state index contributed by atoms with van der Waals surface area (Å²) < 4.78 is 5.54. The average Bonchev–Trinajstić information content (AvgIpc) is 3.04. The first-order chi connectivity index (χ1) is 13.5. The Labute approximate surface area is 172 Å². The molecule has 1 aliphatic rings. The van der Waals surface area contributed by atoms with E-state index in [0.717, 1.165) is 0 Å². The molecule has 1 aliphatic heterocycles. The summed E-state index contributed by atoms with van der Waals surface area (Å²) in [5.74, 6) is 0.227. The number of anilines is 2. The zero-order chi connectivity index (χ0) is 20.1. The third-order valence-corrected chi connectivity index (χ3v) is 5.39. The summed E-state index contributed by atoms with van der Waals surface area (Å²) in [4.78, 5) is 30.7. The molecule has 2 amide bonds. The lowest BCUT2D eigenvalue weighted by atomic mass is 10.3. The molecule has 0 aliphatic carbocycles. The average molecular weight is 418 g/mol. The SMILES string of the molecule is CCOc1ccccc1NC(=O)[C@H](C)SC1=NCC(=O)N1c1ccccc1Cl. The summed E-state index contributed by atoms with van der Waals surface area (Å²) in [6.45, 7) is 4.19. The lowest BCUT2D eigenvalue weighted by molar-refractivity contribution is -0.116. The number of hydrogen-bond acceptors (Lipinski definition) is 5. The van der Waals surface area contributed by atoms with Crippen LogP contribution in [0.3, 0.4) is 0 Å². The largest absolute Gasteiger partial charge is 0.492 e. The number of rotatable bonds is 6. The van der Waals surface area contributed by atoms with Gasteiger partial charge in [-0.2, -0.15) is 0 Å². The number of carbonyl (C=O) groups is 2. The van der Waals surface area contributed by atoms with E-state index in [-0.39, 0.29) is 18.4 Å². The molecule has 0 fully saturated rings. The van der Waals surface area contributed by atoms with Crippen molar-refractivity contribution in [1.29, 1.82) is 0 Å². The van der Waals surface area contributed by atoms with Gasteiger partial charge in [0, 0.05) is 0 Å². The molecule has 146 valence electrons. The molecular weight excluding hydrogens is 398 g/mol. The molecule has 1 atom stereocenters. The summed E-state index contributed by atoms with van der Waals surface area (Å²) in [6.07, 6.45) is 0. The second-order valence-electron chi connectivity index (χ2n) is 5.96. The van der Waals surface area contributed by atoms with Crippen LogP contribution < -0.4 is 15.0 Å². The van der Waals surface area contributed by atoms with E-state index in [1.165, 1.54) is 16.7 Å². The van der Waals surface area contributed by atoms with Crippen molar-refractivity contribution >= 4 is 51.7 Å². The summed E-state index contributed by atoms with van der Waals surface area (Å²) in [6, 6.07) is 14.3. The van der Waals surface area contributed by atoms with E-state index in [1.54, 1.807) is 43.3 Å². The van der Waals surface area contributed by atoms with Gasteiger partial charge in [0.25, 0.3) is 5.91 Å². The quantitative estimate of drug-likeness (QED) is 0.764. The smallest absolute Gasteiger partial charge is 0.254 e. The van der Waals surface area contributed by atoms with E-state index >= 15 is 0 Å². The number of hydrogen-bond donors (Lipinski definition) is 1. The highest BCUT2D eigenvalue weighted by Crippen LogP contribution is 2.32. The molecule has 28 heavy (non-hydrogen) atoms. The minimum absolute atomic E-state index is 0.0368. The molecule has 2 aromatic carbocycles. The van der Waals surface area contributed by atoms with Gasteiger partial charge in [0.05, 0.1) is 28.3 Å². The molecule has 0 saturated heterocycles. The number of amides is 2. The van der Waals surface area contributed by atoms with Gasteiger partial charge in [-0.05, 0) is 38.1 Å². The zero-order valence-corrected chi connectivity index (χ0v) is 17.1. The van der Waals surface area contributed by atoms with Gasteiger partial charge < -0.3 is 10.1 Å². The molecule has 1 heterocycles. The van der Waals surface area contributed by atoms with Crippen LogP contribution in [-0.4, -0.2) is 35.4 Å². The zero-order valence-electron chi connectivity index (χ0n) is 15.5. The van der Waals surface area contributed by atoms with Gasteiger partial charge in [0.2, 0.25) is 5.91 Å². The molecule has 0 radical (unpaired) electrons. The van der Waals surface area contributed by atoms with Crippen molar-refractivity contribution in [2.75, 3.05) is 23.4 Å². The van der Waals surface area contributed by atoms with Crippen LogP contribution in [0.15, 0.2) is 53.5 Å². The third-order valence-electron chi connectivity index (χ3n) is 3.98. The molecule has 0 bridgehead atoms. The summed E-state index contributed by atoms with van der Waals surface area (Å²) in [5, 5.41) is 3.30. The summed E-state index contributed by atoms with van der Waals surface area (Å²) >= 11 is 7.45. The highest BCUT2D eigenvalue weighted by molar-refractivity contribution is 8.15. The van der Waals surface area contributed by atoms with Gasteiger partial charge in [-0.1, -0.05) is 47.6 Å². The van der Waals surface area contributed by atoms with Crippen molar-refractivity contribution in [1.82, 2.24) is 0 Å². The van der Waals surface area contributed by atoms with Gasteiger partial charge in [-0.25, -0.2) is 0 Å². The highest BCUT2D eigenvalue weighted by Gasteiger charge is 2.31. The maximum atomic E-state index is 12.7. The van der Waals surface area contributed by atoms with Crippen LogP contribution in [0.25, 0.3) is 0 Å². The fourth-order valence-corrected chi connectivity index (χ4v) is 3.79. The van der Waals surface area contributed by atoms with Crippen LogP contribution >= 0.6 is 23.4 Å². The van der Waals surface area contributed by atoms with Crippen LogP contribution in [0, 0.1) is 0 Å². The Morgan fingerprint density at radius 1 is 1.29 bits per heavy atom. The molecule has 0 saturated carbocycles. The second kappa shape index (κ2) is 9.12. The number of para-hydroxylation sites is 3. The van der Waals surface area contributed by atoms with E-state index in [0.29, 0.717) is 33.9 Å². The van der Waals surface area contributed by atoms with Gasteiger partial charge in [-0.15, -0.1) is 0 Å². The number of carbonyl (C=O) groups excluding carboxylic acids is 2. The molecule has 0 unspecified atom stereocenters. The predicted octanol–water partition coefficient (Wildman–Crippen LogP) is 4.20. The van der Waals surface area contributed by atoms with Crippen LogP contribution in [-0.2, 0) is 9.59 Å². The monoisotopic (exact) mass is 417 g/mol. The number of thioether (sulfide) groups is 1. The van der Waals surface area contributed by atoms with Crippen LogP contribution in [0.1, 0.15) is 13.8 Å². The van der Waals surface area contributed by atoms with E-state index in [1.807, 2.05) is 19.1 Å². The topological polar surface area (TPSA) is 71.0 Å². The van der Waals surface area contributed by atoms with Gasteiger partial charge in [0.1, 0.15) is 12.3 Å². The first-order valence-electron chi connectivity index (χ1n) is 8.82. The number of nitrogens with zero attached hydrogens (tertiary/aromatic N) is 2. The molecule has 1 N–H and O–H groups in total. The molecule has 8 heteroatoms. The van der Waals surface area contributed by atoms with E-state index in [2.05, 4.69) is 10.3 Å². The number of amidine groups is 1. The summed E-state index contributed by atoms with van der Waals surface area (Å²) in [7, 11) is 0. The maximum Gasteiger partial charge on any atom is 0.254 e. The van der Waals surface area contributed by atoms with E-state index < -0.39 is 5.25 Å². The Morgan fingerprint density at radius 3 is 2.75 bits per heavy atom. The van der Waals surface area contributed by atoms with E-state index in [9.17, 15) is 9.59 Å². The number of benzene rings is 2.